The summed E-state index contributed by atoms with van der Waals surface area (Å²) in [6.07, 6.45) is 0. The van der Waals surface area contributed by atoms with Crippen molar-refractivity contribution < 1.29 is 23.4 Å². The highest BCUT2D eigenvalue weighted by molar-refractivity contribution is 7.99. The van der Waals surface area contributed by atoms with E-state index in [4.69, 9.17) is 23.4 Å². The van der Waals surface area contributed by atoms with E-state index in [9.17, 15) is 4.79 Å². The number of ether oxygens (including phenoxy) is 4. The molecule has 0 saturated carbocycles. The van der Waals surface area contributed by atoms with Gasteiger partial charge >= 0.3 is 0 Å². The molecule has 4 rings (SSSR count). The average Bonchev–Trinajstić information content (AvgIpc) is 3.08. The van der Waals surface area contributed by atoms with Gasteiger partial charge in [-0.05, 0) is 18.2 Å². The maximum Gasteiger partial charge on any atom is 0.231 e. The Morgan fingerprint density at radius 1 is 1.00 bits per heavy atom. The summed E-state index contributed by atoms with van der Waals surface area (Å²) in [5.74, 6) is 2.36. The van der Waals surface area contributed by atoms with Crippen LogP contribution in [0.5, 0.6) is 23.0 Å². The maximum atomic E-state index is 12.5. The van der Waals surface area contributed by atoms with Crippen molar-refractivity contribution in [3.8, 4) is 23.0 Å². The highest BCUT2D eigenvalue weighted by atomic mass is 32.2. The normalized spacial score (nSPS) is 12.4. The van der Waals surface area contributed by atoms with E-state index in [1.807, 2.05) is 18.2 Å². The summed E-state index contributed by atoms with van der Waals surface area (Å²) in [6, 6.07) is 10.3. The van der Waals surface area contributed by atoms with Crippen molar-refractivity contribution in [3.05, 3.63) is 46.6 Å². The lowest BCUT2D eigenvalue weighted by molar-refractivity contribution is 0.174. The number of hydrogen-bond donors (Lipinski definition) is 0. The molecule has 0 radical (unpaired) electrons. The second kappa shape index (κ2) is 6.25. The van der Waals surface area contributed by atoms with Crippen LogP contribution in [0.1, 0.15) is 0 Å². The van der Waals surface area contributed by atoms with Gasteiger partial charge in [0.05, 0.1) is 14.2 Å². The van der Waals surface area contributed by atoms with E-state index in [0.29, 0.717) is 39.1 Å². The molecule has 0 spiro atoms. The van der Waals surface area contributed by atoms with E-state index in [0.717, 1.165) is 4.90 Å². The minimum Gasteiger partial charge on any atom is -0.496 e. The van der Waals surface area contributed by atoms with Crippen LogP contribution >= 0.6 is 11.8 Å². The fraction of sp³-hybridized carbons (Fsp3) is 0.167. The first-order valence-electron chi connectivity index (χ1n) is 7.45. The Morgan fingerprint density at radius 3 is 2.64 bits per heavy atom. The van der Waals surface area contributed by atoms with Crippen LogP contribution in [0.15, 0.2) is 55.6 Å². The lowest BCUT2D eigenvalue weighted by Gasteiger charge is -2.09. The van der Waals surface area contributed by atoms with Crippen LogP contribution < -0.4 is 24.4 Å². The van der Waals surface area contributed by atoms with E-state index >= 15 is 0 Å². The molecule has 0 N–H and O–H groups in total. The first-order valence-corrected chi connectivity index (χ1v) is 8.27. The van der Waals surface area contributed by atoms with Gasteiger partial charge in [-0.25, -0.2) is 0 Å². The lowest BCUT2D eigenvalue weighted by atomic mass is 10.2. The second-order valence-corrected chi connectivity index (χ2v) is 6.33. The second-order valence-electron chi connectivity index (χ2n) is 5.25. The molecule has 3 aromatic rings. The summed E-state index contributed by atoms with van der Waals surface area (Å²) < 4.78 is 27.1. The van der Waals surface area contributed by atoms with Crippen LogP contribution in [-0.2, 0) is 0 Å². The van der Waals surface area contributed by atoms with Gasteiger partial charge in [0.15, 0.2) is 22.0 Å². The molecule has 0 amide bonds. The number of hydrogen-bond acceptors (Lipinski definition) is 7. The molecule has 6 nitrogen and oxygen atoms in total. The average molecular weight is 358 g/mol. The van der Waals surface area contributed by atoms with Crippen LogP contribution in [-0.4, -0.2) is 21.0 Å². The molecular weight excluding hydrogens is 344 g/mol. The number of fused-ring (bicyclic) bond motifs is 2. The van der Waals surface area contributed by atoms with Crippen molar-refractivity contribution in [3.63, 3.8) is 0 Å². The highest BCUT2D eigenvalue weighted by Crippen LogP contribution is 2.39. The molecule has 0 fully saturated rings. The van der Waals surface area contributed by atoms with Gasteiger partial charge in [0, 0.05) is 23.1 Å². The Balaban J connectivity index is 1.76. The molecule has 128 valence electrons. The van der Waals surface area contributed by atoms with Crippen molar-refractivity contribution in [1.29, 1.82) is 0 Å². The highest BCUT2D eigenvalue weighted by Gasteiger charge is 2.16. The van der Waals surface area contributed by atoms with Gasteiger partial charge in [0.25, 0.3) is 0 Å². The van der Waals surface area contributed by atoms with Gasteiger partial charge in [0.1, 0.15) is 22.5 Å². The zero-order chi connectivity index (χ0) is 17.4. The van der Waals surface area contributed by atoms with Gasteiger partial charge in [-0.2, -0.15) is 0 Å². The predicted octanol–water partition coefficient (Wildman–Crippen LogP) is 3.69. The Kier molecular flexibility index (Phi) is 3.93. The molecule has 0 aliphatic carbocycles. The van der Waals surface area contributed by atoms with Crippen molar-refractivity contribution in [2.24, 2.45) is 0 Å². The van der Waals surface area contributed by atoms with Crippen LogP contribution in [0.4, 0.5) is 0 Å². The fourth-order valence-electron chi connectivity index (χ4n) is 2.59. The first kappa shape index (κ1) is 15.7. The summed E-state index contributed by atoms with van der Waals surface area (Å²) >= 11 is 1.33. The van der Waals surface area contributed by atoms with E-state index < -0.39 is 0 Å². The van der Waals surface area contributed by atoms with Crippen molar-refractivity contribution >= 4 is 22.7 Å². The minimum absolute atomic E-state index is 0.177. The van der Waals surface area contributed by atoms with Crippen LogP contribution in [0.2, 0.25) is 0 Å². The van der Waals surface area contributed by atoms with Crippen molar-refractivity contribution in [2.75, 3.05) is 21.0 Å². The molecule has 0 saturated heterocycles. The third kappa shape index (κ3) is 2.87. The third-order valence-electron chi connectivity index (χ3n) is 3.76. The summed E-state index contributed by atoms with van der Waals surface area (Å²) in [5, 5.41) is 0.852. The molecule has 1 aliphatic rings. The van der Waals surface area contributed by atoms with Gasteiger partial charge < -0.3 is 23.4 Å². The molecule has 2 heterocycles. The van der Waals surface area contributed by atoms with Crippen LogP contribution in [0.25, 0.3) is 11.0 Å². The van der Waals surface area contributed by atoms with Crippen molar-refractivity contribution in [2.45, 2.75) is 9.99 Å². The smallest absolute Gasteiger partial charge is 0.231 e. The fourth-order valence-corrected chi connectivity index (χ4v) is 3.42. The quantitative estimate of drug-likeness (QED) is 0.704. The molecular formula is C18H14O6S. The van der Waals surface area contributed by atoms with E-state index in [1.54, 1.807) is 19.2 Å². The van der Waals surface area contributed by atoms with Gasteiger partial charge in [0.2, 0.25) is 6.79 Å². The Bertz CT molecular complexity index is 1010. The maximum absolute atomic E-state index is 12.5. The van der Waals surface area contributed by atoms with Crippen LogP contribution in [0.3, 0.4) is 0 Å². The number of methoxy groups -OCH3 is 2. The largest absolute Gasteiger partial charge is 0.496 e. The molecule has 0 unspecified atom stereocenters. The van der Waals surface area contributed by atoms with E-state index in [2.05, 4.69) is 0 Å². The molecule has 0 atom stereocenters. The molecule has 0 bridgehead atoms. The summed E-state index contributed by atoms with van der Waals surface area (Å²) in [4.78, 5) is 13.4. The Labute approximate surface area is 147 Å². The summed E-state index contributed by atoms with van der Waals surface area (Å²) in [5.41, 5.74) is 0.232. The molecule has 7 heteroatoms. The zero-order valence-corrected chi connectivity index (χ0v) is 14.3. The Hall–Kier alpha value is -2.80. The molecule has 25 heavy (non-hydrogen) atoms. The molecule has 2 aromatic carbocycles. The first-order chi connectivity index (χ1) is 12.2. The van der Waals surface area contributed by atoms with Gasteiger partial charge in [-0.15, -0.1) is 0 Å². The Morgan fingerprint density at radius 2 is 1.84 bits per heavy atom. The van der Waals surface area contributed by atoms with Crippen LogP contribution in [0, 0.1) is 0 Å². The van der Waals surface area contributed by atoms with E-state index in [1.165, 1.54) is 24.9 Å². The number of benzene rings is 2. The SMILES string of the molecule is COc1cc(OC)c2c(=O)cc(Sc3ccc4c(c3)OCO4)oc2c1. The molecule has 1 aromatic heterocycles. The monoisotopic (exact) mass is 358 g/mol. The lowest BCUT2D eigenvalue weighted by Crippen LogP contribution is -2.03. The summed E-state index contributed by atoms with van der Waals surface area (Å²) in [6.45, 7) is 0.216. The van der Waals surface area contributed by atoms with Gasteiger partial charge in [-0.1, -0.05) is 11.8 Å². The topological polar surface area (TPSA) is 67.1 Å². The summed E-state index contributed by atoms with van der Waals surface area (Å²) in [7, 11) is 3.05. The minimum atomic E-state index is -0.177. The standard InChI is InChI=1S/C18H14O6S/c1-20-10-5-15(21-2)18-12(19)8-17(24-16(18)6-10)25-11-3-4-13-14(7-11)23-9-22-13/h3-8H,9H2,1-2H3. The molecule has 1 aliphatic heterocycles. The number of rotatable bonds is 4. The van der Waals surface area contributed by atoms with Crippen molar-refractivity contribution in [1.82, 2.24) is 0 Å². The predicted molar refractivity (Wildman–Crippen MR) is 92.3 cm³/mol. The van der Waals surface area contributed by atoms with E-state index in [-0.39, 0.29) is 12.2 Å². The third-order valence-corrected chi connectivity index (χ3v) is 4.66. The zero-order valence-electron chi connectivity index (χ0n) is 13.5. The van der Waals surface area contributed by atoms with Gasteiger partial charge in [-0.3, -0.25) is 4.79 Å².